The number of benzene rings is 2. The van der Waals surface area contributed by atoms with E-state index in [2.05, 4.69) is 0 Å². The van der Waals surface area contributed by atoms with Crippen LogP contribution >= 0.6 is 11.6 Å². The van der Waals surface area contributed by atoms with E-state index in [0.29, 0.717) is 5.02 Å². The van der Waals surface area contributed by atoms with Gasteiger partial charge in [0.1, 0.15) is 5.75 Å². The number of carbonyl (C=O) groups excluding carboxylic acids is 1. The summed E-state index contributed by atoms with van der Waals surface area (Å²) in [5.41, 5.74) is 5.14. The van der Waals surface area contributed by atoms with E-state index in [1.807, 2.05) is 36.4 Å². The highest BCUT2D eigenvalue weighted by Crippen LogP contribution is 2.64. The van der Waals surface area contributed by atoms with Crippen molar-refractivity contribution >= 4 is 28.5 Å². The second-order valence-electron chi connectivity index (χ2n) is 7.30. The lowest BCUT2D eigenvalue weighted by atomic mass is 9.70. The van der Waals surface area contributed by atoms with Gasteiger partial charge in [0, 0.05) is 16.9 Å². The van der Waals surface area contributed by atoms with Crippen LogP contribution in [0.4, 0.5) is 0 Å². The van der Waals surface area contributed by atoms with Crippen LogP contribution in [0, 0.1) is 11.3 Å². The highest BCUT2D eigenvalue weighted by molar-refractivity contribution is 6.35. The van der Waals surface area contributed by atoms with Gasteiger partial charge in [-0.15, -0.1) is 0 Å². The molecule has 3 aliphatic rings. The zero-order valence-corrected chi connectivity index (χ0v) is 13.9. The molecule has 2 atom stereocenters. The van der Waals surface area contributed by atoms with Gasteiger partial charge in [-0.3, -0.25) is 4.79 Å². The summed E-state index contributed by atoms with van der Waals surface area (Å²) < 4.78 is 0. The maximum atomic E-state index is 13.1. The fourth-order valence-electron chi connectivity index (χ4n) is 5.08. The third-order valence-corrected chi connectivity index (χ3v) is 6.50. The first-order chi connectivity index (χ1) is 11.6. The van der Waals surface area contributed by atoms with Crippen molar-refractivity contribution in [1.29, 1.82) is 0 Å². The van der Waals surface area contributed by atoms with Gasteiger partial charge in [0.05, 0.1) is 5.02 Å². The lowest BCUT2D eigenvalue weighted by molar-refractivity contribution is -0.117. The van der Waals surface area contributed by atoms with Gasteiger partial charge in [-0.05, 0) is 54.0 Å². The predicted molar refractivity (Wildman–Crippen MR) is 94.9 cm³/mol. The number of carbonyl (C=O) groups is 1. The van der Waals surface area contributed by atoms with Crippen LogP contribution in [-0.4, -0.2) is 10.9 Å². The first-order valence-corrected chi connectivity index (χ1v) is 8.84. The Morgan fingerprint density at radius 1 is 1.12 bits per heavy atom. The Balaban J connectivity index is 1.86. The topological polar surface area (TPSA) is 37.3 Å². The molecule has 0 aromatic heterocycles. The van der Waals surface area contributed by atoms with Crippen LogP contribution < -0.4 is 0 Å². The third kappa shape index (κ3) is 1.70. The molecule has 0 amide bonds. The predicted octanol–water partition coefficient (Wildman–Crippen LogP) is 4.88. The summed E-state index contributed by atoms with van der Waals surface area (Å²) in [6.07, 6.45) is 3.74. The maximum absolute atomic E-state index is 13.1. The molecule has 2 nitrogen and oxygen atoms in total. The molecule has 1 saturated carbocycles. The van der Waals surface area contributed by atoms with Gasteiger partial charge < -0.3 is 5.11 Å². The number of hydrogen-bond acceptors (Lipinski definition) is 2. The summed E-state index contributed by atoms with van der Waals surface area (Å²) in [5.74, 6) is 0.542. The molecule has 0 aliphatic heterocycles. The zero-order chi connectivity index (χ0) is 16.5. The summed E-state index contributed by atoms with van der Waals surface area (Å²) >= 11 is 6.41. The van der Waals surface area contributed by atoms with E-state index in [1.54, 1.807) is 6.07 Å². The number of phenols is 1. The third-order valence-electron chi connectivity index (χ3n) is 6.08. The minimum atomic E-state index is 0.0174. The Morgan fingerprint density at radius 2 is 1.92 bits per heavy atom. The molecule has 120 valence electrons. The van der Waals surface area contributed by atoms with E-state index in [0.717, 1.165) is 47.9 Å². The summed E-state index contributed by atoms with van der Waals surface area (Å²) in [6, 6.07) is 13.6. The average molecular weight is 337 g/mol. The zero-order valence-electron chi connectivity index (χ0n) is 13.2. The Kier molecular flexibility index (Phi) is 2.82. The summed E-state index contributed by atoms with van der Waals surface area (Å²) in [5, 5.41) is 10.5. The second kappa shape index (κ2) is 4.73. The molecule has 0 radical (unpaired) electrons. The number of rotatable bonds is 1. The van der Waals surface area contributed by atoms with Crippen molar-refractivity contribution < 1.29 is 9.90 Å². The molecule has 2 bridgehead atoms. The summed E-state index contributed by atoms with van der Waals surface area (Å²) in [6.45, 7) is 0. The van der Waals surface area contributed by atoms with Gasteiger partial charge in [0.15, 0.2) is 5.78 Å². The van der Waals surface area contributed by atoms with Crippen LogP contribution in [0.1, 0.15) is 36.0 Å². The lowest BCUT2D eigenvalue weighted by Crippen LogP contribution is -2.27. The molecule has 0 saturated heterocycles. The van der Waals surface area contributed by atoms with E-state index in [-0.39, 0.29) is 22.9 Å². The molecular weight excluding hydrogens is 320 g/mol. The fraction of sp³-hybridized carbons (Fsp3) is 0.286. The second-order valence-corrected chi connectivity index (χ2v) is 7.68. The van der Waals surface area contributed by atoms with Crippen molar-refractivity contribution in [2.75, 3.05) is 0 Å². The number of Topliss-reactive ketones (excluding diaryl/α,β-unsaturated/α-hetero) is 1. The van der Waals surface area contributed by atoms with Gasteiger partial charge in [-0.2, -0.15) is 0 Å². The molecule has 2 aromatic carbocycles. The van der Waals surface area contributed by atoms with E-state index >= 15 is 0 Å². The molecule has 3 aliphatic carbocycles. The van der Waals surface area contributed by atoms with Crippen LogP contribution in [0.25, 0.3) is 11.1 Å². The number of allylic oxidation sites excluding steroid dienone is 2. The highest BCUT2D eigenvalue weighted by atomic mass is 35.5. The molecule has 24 heavy (non-hydrogen) atoms. The number of hydrogen-bond donors (Lipinski definition) is 1. The molecule has 1 spiro atoms. The Bertz CT molecular complexity index is 913. The molecule has 2 aromatic rings. The lowest BCUT2D eigenvalue weighted by Gasteiger charge is -2.32. The average Bonchev–Trinajstić information content (AvgIpc) is 3.14. The van der Waals surface area contributed by atoms with Crippen molar-refractivity contribution in [2.45, 2.75) is 25.7 Å². The first-order valence-electron chi connectivity index (χ1n) is 8.46. The van der Waals surface area contributed by atoms with Gasteiger partial charge in [0.25, 0.3) is 0 Å². The summed E-state index contributed by atoms with van der Waals surface area (Å²) in [4.78, 5) is 13.1. The smallest absolute Gasteiger partial charge is 0.166 e. The van der Waals surface area contributed by atoms with Gasteiger partial charge >= 0.3 is 0 Å². The van der Waals surface area contributed by atoms with Gasteiger partial charge in [-0.25, -0.2) is 0 Å². The van der Waals surface area contributed by atoms with Crippen molar-refractivity contribution in [3.8, 4) is 5.75 Å². The van der Waals surface area contributed by atoms with E-state index in [1.165, 1.54) is 5.57 Å². The maximum Gasteiger partial charge on any atom is 0.166 e. The molecule has 0 heterocycles. The molecule has 3 heteroatoms. The van der Waals surface area contributed by atoms with Crippen LogP contribution in [0.3, 0.4) is 0 Å². The quantitative estimate of drug-likeness (QED) is 0.805. The van der Waals surface area contributed by atoms with Gasteiger partial charge in [-0.1, -0.05) is 48.0 Å². The van der Waals surface area contributed by atoms with Crippen molar-refractivity contribution in [3.05, 3.63) is 64.2 Å². The molecule has 1 N–H and O–H groups in total. The number of halogens is 1. The van der Waals surface area contributed by atoms with Crippen LogP contribution in [0.15, 0.2) is 42.5 Å². The Morgan fingerprint density at radius 3 is 2.71 bits per heavy atom. The fourth-order valence-corrected chi connectivity index (χ4v) is 5.32. The van der Waals surface area contributed by atoms with E-state index < -0.39 is 0 Å². The number of ketones is 1. The van der Waals surface area contributed by atoms with Crippen LogP contribution in [-0.2, 0) is 11.2 Å². The number of phenolic OH excluding ortho intramolecular Hbond substituents is 1. The molecular formula is C21H17ClO2. The highest BCUT2D eigenvalue weighted by Gasteiger charge is 2.54. The van der Waals surface area contributed by atoms with E-state index in [4.69, 9.17) is 11.6 Å². The van der Waals surface area contributed by atoms with Gasteiger partial charge in [0.2, 0.25) is 0 Å². The van der Waals surface area contributed by atoms with Crippen LogP contribution in [0.2, 0.25) is 5.02 Å². The van der Waals surface area contributed by atoms with Crippen molar-refractivity contribution in [2.24, 2.45) is 11.3 Å². The minimum Gasteiger partial charge on any atom is -0.506 e. The summed E-state index contributed by atoms with van der Waals surface area (Å²) in [7, 11) is 0. The van der Waals surface area contributed by atoms with E-state index in [9.17, 15) is 9.90 Å². The largest absolute Gasteiger partial charge is 0.506 e. The molecule has 1 fully saturated rings. The number of fused-ring (bicyclic) bond motifs is 3. The van der Waals surface area contributed by atoms with Crippen LogP contribution in [0.5, 0.6) is 5.75 Å². The molecule has 5 rings (SSSR count). The first kappa shape index (κ1) is 14.3. The normalized spacial score (nSPS) is 27.4. The monoisotopic (exact) mass is 336 g/mol. The molecule has 0 unspecified atom stereocenters. The van der Waals surface area contributed by atoms with Crippen molar-refractivity contribution in [3.63, 3.8) is 0 Å². The minimum absolute atomic E-state index is 0.0174. The van der Waals surface area contributed by atoms with Crippen molar-refractivity contribution in [1.82, 2.24) is 0 Å². The SMILES string of the molecule is O=C1C(c2ccccc2)=C2c3ccc(O)c(Cl)c3C[C@]23CC[C@@H]1C3. The Labute approximate surface area is 145 Å². The standard InChI is InChI=1S/C21H17ClO2/c22-19-15-11-21-9-8-13(10-21)20(24)17(12-4-2-1-3-5-12)18(21)14(15)6-7-16(19)23/h1-7,13,23H,8-11H2/t13-,21-/m1/s1. The Hall–Kier alpha value is -2.06. The number of aromatic hydroxyl groups is 1.